The van der Waals surface area contributed by atoms with Gasteiger partial charge >= 0.3 is 6.03 Å². The third kappa shape index (κ3) is 6.71. The monoisotopic (exact) mass is 389 g/mol. The van der Waals surface area contributed by atoms with Crippen LogP contribution in [0.15, 0.2) is 30.3 Å². The molecule has 0 aromatic heterocycles. The summed E-state index contributed by atoms with van der Waals surface area (Å²) in [6.45, 7) is 12.4. The number of nitrogens with zero attached hydrogens (tertiary/aromatic N) is 3. The Bertz CT molecular complexity index is 598. The Labute approximate surface area is 169 Å². The number of amides is 3. The van der Waals surface area contributed by atoms with Crippen LogP contribution in [0.25, 0.3) is 0 Å². The molecule has 1 fully saturated rings. The van der Waals surface area contributed by atoms with Gasteiger partial charge in [0.2, 0.25) is 5.91 Å². The quantitative estimate of drug-likeness (QED) is 0.675. The van der Waals surface area contributed by atoms with Gasteiger partial charge in [0.1, 0.15) is 0 Å². The van der Waals surface area contributed by atoms with Crippen molar-refractivity contribution in [3.05, 3.63) is 30.3 Å². The van der Waals surface area contributed by atoms with Gasteiger partial charge < -0.3 is 20.4 Å². The normalized spacial score (nSPS) is 15.4. The second-order valence-corrected chi connectivity index (χ2v) is 7.16. The Morgan fingerprint density at radius 2 is 1.68 bits per heavy atom. The van der Waals surface area contributed by atoms with Crippen LogP contribution in [0.3, 0.4) is 0 Å². The molecule has 0 unspecified atom stereocenters. The summed E-state index contributed by atoms with van der Waals surface area (Å²) in [4.78, 5) is 30.8. The lowest BCUT2D eigenvalue weighted by Crippen LogP contribution is -2.49. The topological polar surface area (TPSA) is 67.9 Å². The van der Waals surface area contributed by atoms with Gasteiger partial charge in [-0.05, 0) is 32.1 Å². The molecule has 3 amide bonds. The van der Waals surface area contributed by atoms with Crippen LogP contribution in [0.1, 0.15) is 27.2 Å². The molecule has 0 saturated carbocycles. The molecule has 2 rings (SSSR count). The minimum atomic E-state index is -0.208. The number of rotatable bonds is 9. The zero-order valence-electron chi connectivity index (χ0n) is 17.5. The summed E-state index contributed by atoms with van der Waals surface area (Å²) in [7, 11) is 0. The standard InChI is InChI=1S/C21H35N5O2/c1-4-24(5-2)18(3)17-23-21(28)22-12-11-20(27)26-15-13-25(14-16-26)19-9-7-6-8-10-19/h6-10,18H,4-5,11-17H2,1-3H3,(H2,22,23,28)/t18-/m1/s1. The van der Waals surface area contributed by atoms with Crippen LogP contribution in [0.5, 0.6) is 0 Å². The molecule has 1 aromatic rings. The van der Waals surface area contributed by atoms with Crippen molar-refractivity contribution in [1.29, 1.82) is 0 Å². The first-order chi connectivity index (χ1) is 13.5. The molecule has 1 aliphatic rings. The van der Waals surface area contributed by atoms with E-state index in [2.05, 4.69) is 53.3 Å². The Kier molecular flexibility index (Phi) is 9.07. The van der Waals surface area contributed by atoms with Crippen molar-refractivity contribution in [2.45, 2.75) is 33.2 Å². The number of para-hydroxylation sites is 1. The minimum absolute atomic E-state index is 0.101. The highest BCUT2D eigenvalue weighted by Gasteiger charge is 2.21. The molecular formula is C21H35N5O2. The molecule has 7 heteroatoms. The highest BCUT2D eigenvalue weighted by Crippen LogP contribution is 2.15. The third-order valence-electron chi connectivity index (χ3n) is 5.37. The lowest BCUT2D eigenvalue weighted by atomic mass is 10.2. The van der Waals surface area contributed by atoms with Crippen LogP contribution in [0.4, 0.5) is 10.5 Å². The summed E-state index contributed by atoms with van der Waals surface area (Å²) in [5, 5.41) is 5.68. The number of likely N-dealkylation sites (N-methyl/N-ethyl adjacent to an activating group) is 1. The van der Waals surface area contributed by atoms with Crippen LogP contribution in [0, 0.1) is 0 Å². The molecule has 28 heavy (non-hydrogen) atoms. The Balaban J connectivity index is 1.62. The van der Waals surface area contributed by atoms with Crippen molar-refractivity contribution in [3.63, 3.8) is 0 Å². The molecule has 2 N–H and O–H groups in total. The van der Waals surface area contributed by atoms with Crippen molar-refractivity contribution in [2.24, 2.45) is 0 Å². The summed E-state index contributed by atoms with van der Waals surface area (Å²) >= 11 is 0. The van der Waals surface area contributed by atoms with E-state index in [9.17, 15) is 9.59 Å². The zero-order valence-corrected chi connectivity index (χ0v) is 17.5. The van der Waals surface area contributed by atoms with E-state index in [-0.39, 0.29) is 11.9 Å². The first-order valence-electron chi connectivity index (χ1n) is 10.4. The number of urea groups is 1. The van der Waals surface area contributed by atoms with Gasteiger partial charge in [-0.3, -0.25) is 9.69 Å². The average molecular weight is 390 g/mol. The predicted molar refractivity (Wildman–Crippen MR) is 114 cm³/mol. The molecule has 156 valence electrons. The molecule has 1 heterocycles. The number of carbonyl (C=O) groups excluding carboxylic acids is 2. The molecule has 0 bridgehead atoms. The Morgan fingerprint density at radius 3 is 2.29 bits per heavy atom. The van der Waals surface area contributed by atoms with Gasteiger partial charge in [0.25, 0.3) is 0 Å². The molecule has 1 aromatic carbocycles. The van der Waals surface area contributed by atoms with Gasteiger partial charge in [0.15, 0.2) is 0 Å². The molecule has 7 nitrogen and oxygen atoms in total. The predicted octanol–water partition coefficient (Wildman–Crippen LogP) is 1.75. The van der Waals surface area contributed by atoms with Crippen molar-refractivity contribution in [3.8, 4) is 0 Å². The van der Waals surface area contributed by atoms with Crippen LogP contribution in [-0.4, -0.2) is 80.1 Å². The van der Waals surface area contributed by atoms with Gasteiger partial charge in [-0.1, -0.05) is 32.0 Å². The van der Waals surface area contributed by atoms with E-state index in [0.29, 0.717) is 25.6 Å². The number of hydrogen-bond acceptors (Lipinski definition) is 4. The van der Waals surface area contributed by atoms with E-state index in [1.807, 2.05) is 23.1 Å². The molecule has 0 radical (unpaired) electrons. The van der Waals surface area contributed by atoms with Crippen molar-refractivity contribution in [1.82, 2.24) is 20.4 Å². The largest absolute Gasteiger partial charge is 0.368 e. The fourth-order valence-corrected chi connectivity index (χ4v) is 3.57. The number of hydrogen-bond donors (Lipinski definition) is 2. The fourth-order valence-electron chi connectivity index (χ4n) is 3.57. The van der Waals surface area contributed by atoms with E-state index in [0.717, 1.165) is 39.3 Å². The number of nitrogens with one attached hydrogen (secondary N) is 2. The van der Waals surface area contributed by atoms with Gasteiger partial charge in [0, 0.05) is 57.4 Å². The third-order valence-corrected chi connectivity index (χ3v) is 5.37. The second kappa shape index (κ2) is 11.5. The van der Waals surface area contributed by atoms with Gasteiger partial charge in [-0.15, -0.1) is 0 Å². The maximum absolute atomic E-state index is 12.4. The summed E-state index contributed by atoms with van der Waals surface area (Å²) in [6, 6.07) is 10.4. The van der Waals surface area contributed by atoms with Gasteiger partial charge in [-0.2, -0.15) is 0 Å². The first-order valence-corrected chi connectivity index (χ1v) is 10.4. The highest BCUT2D eigenvalue weighted by atomic mass is 16.2. The number of benzene rings is 1. The maximum atomic E-state index is 12.4. The molecule has 1 atom stereocenters. The Morgan fingerprint density at radius 1 is 1.04 bits per heavy atom. The zero-order chi connectivity index (χ0) is 20.4. The first kappa shape index (κ1) is 22.0. The van der Waals surface area contributed by atoms with Crippen molar-refractivity contribution in [2.75, 3.05) is 57.3 Å². The van der Waals surface area contributed by atoms with E-state index in [4.69, 9.17) is 0 Å². The van der Waals surface area contributed by atoms with Crippen molar-refractivity contribution < 1.29 is 9.59 Å². The molecule has 1 saturated heterocycles. The lowest BCUT2D eigenvalue weighted by molar-refractivity contribution is -0.131. The summed E-state index contributed by atoms with van der Waals surface area (Å²) in [5.74, 6) is 0.101. The van der Waals surface area contributed by atoms with Crippen LogP contribution in [-0.2, 0) is 4.79 Å². The molecule has 1 aliphatic heterocycles. The lowest BCUT2D eigenvalue weighted by Gasteiger charge is -2.36. The maximum Gasteiger partial charge on any atom is 0.314 e. The number of carbonyl (C=O) groups is 2. The summed E-state index contributed by atoms with van der Waals surface area (Å²) in [5.41, 5.74) is 1.20. The molecule has 0 aliphatic carbocycles. The van der Waals surface area contributed by atoms with E-state index < -0.39 is 0 Å². The molecule has 0 spiro atoms. The fraction of sp³-hybridized carbons (Fsp3) is 0.619. The number of anilines is 1. The van der Waals surface area contributed by atoms with Gasteiger partial charge in [0.05, 0.1) is 0 Å². The minimum Gasteiger partial charge on any atom is -0.368 e. The summed E-state index contributed by atoms with van der Waals surface area (Å²) < 4.78 is 0. The second-order valence-electron chi connectivity index (χ2n) is 7.16. The Hall–Kier alpha value is -2.28. The smallest absolute Gasteiger partial charge is 0.314 e. The van der Waals surface area contributed by atoms with E-state index in [1.165, 1.54) is 5.69 Å². The number of piperazine rings is 1. The SMILES string of the molecule is CCN(CC)[C@H](C)CNC(=O)NCCC(=O)N1CCN(c2ccccc2)CC1. The van der Waals surface area contributed by atoms with E-state index >= 15 is 0 Å². The van der Waals surface area contributed by atoms with Crippen LogP contribution >= 0.6 is 0 Å². The van der Waals surface area contributed by atoms with Gasteiger partial charge in [-0.25, -0.2) is 4.79 Å². The average Bonchev–Trinajstić information content (AvgIpc) is 2.74. The summed E-state index contributed by atoms with van der Waals surface area (Å²) in [6.07, 6.45) is 0.338. The van der Waals surface area contributed by atoms with Crippen LogP contribution < -0.4 is 15.5 Å². The van der Waals surface area contributed by atoms with E-state index in [1.54, 1.807) is 0 Å². The molecular weight excluding hydrogens is 354 g/mol. The highest BCUT2D eigenvalue weighted by molar-refractivity contribution is 5.78. The van der Waals surface area contributed by atoms with Crippen molar-refractivity contribution >= 4 is 17.6 Å². The van der Waals surface area contributed by atoms with Crippen LogP contribution in [0.2, 0.25) is 0 Å².